The van der Waals surface area contributed by atoms with Crippen molar-refractivity contribution in [1.82, 2.24) is 0 Å². The molecule has 0 aromatic heterocycles. The maximum atomic E-state index is 11.7. The number of carbonyl (C=O) groups excluding carboxylic acids is 1. The fourth-order valence-corrected chi connectivity index (χ4v) is 2.44. The minimum atomic E-state index is 0.258. The SMILES string of the molecule is O=C(CC1CCCO1)C1CCCC1. The number of hydrogen-bond acceptors (Lipinski definition) is 2. The number of Topliss-reactive ketones (excluding diaryl/α,β-unsaturated/α-hetero) is 1. The average molecular weight is 182 g/mol. The van der Waals surface area contributed by atoms with Gasteiger partial charge in [0.05, 0.1) is 6.10 Å². The predicted molar refractivity (Wildman–Crippen MR) is 50.6 cm³/mol. The van der Waals surface area contributed by atoms with Gasteiger partial charge in [-0.05, 0) is 25.7 Å². The molecule has 0 aromatic rings. The van der Waals surface area contributed by atoms with Crippen molar-refractivity contribution in [2.24, 2.45) is 5.92 Å². The Bertz CT molecular complexity index is 177. The first kappa shape index (κ1) is 9.20. The molecule has 74 valence electrons. The van der Waals surface area contributed by atoms with Crippen LogP contribution in [0.3, 0.4) is 0 Å². The molecule has 2 nitrogen and oxygen atoms in total. The molecule has 0 radical (unpaired) electrons. The first-order valence-corrected chi connectivity index (χ1v) is 5.50. The van der Waals surface area contributed by atoms with Crippen LogP contribution in [-0.4, -0.2) is 18.5 Å². The monoisotopic (exact) mass is 182 g/mol. The van der Waals surface area contributed by atoms with Crippen molar-refractivity contribution in [1.29, 1.82) is 0 Å². The molecule has 2 aliphatic rings. The Kier molecular flexibility index (Phi) is 2.99. The summed E-state index contributed by atoms with van der Waals surface area (Å²) in [6.07, 6.45) is 7.94. The molecule has 2 rings (SSSR count). The Morgan fingerprint density at radius 2 is 1.92 bits per heavy atom. The van der Waals surface area contributed by atoms with E-state index in [2.05, 4.69) is 0 Å². The van der Waals surface area contributed by atoms with Crippen molar-refractivity contribution in [2.75, 3.05) is 6.61 Å². The van der Waals surface area contributed by atoms with Crippen LogP contribution >= 0.6 is 0 Å². The van der Waals surface area contributed by atoms with Gasteiger partial charge < -0.3 is 4.74 Å². The van der Waals surface area contributed by atoms with Gasteiger partial charge in [-0.15, -0.1) is 0 Å². The lowest BCUT2D eigenvalue weighted by Crippen LogP contribution is -2.18. The van der Waals surface area contributed by atoms with E-state index in [1.165, 1.54) is 12.8 Å². The van der Waals surface area contributed by atoms with E-state index >= 15 is 0 Å². The van der Waals surface area contributed by atoms with Crippen LogP contribution in [-0.2, 0) is 9.53 Å². The van der Waals surface area contributed by atoms with Crippen molar-refractivity contribution < 1.29 is 9.53 Å². The van der Waals surface area contributed by atoms with E-state index in [0.717, 1.165) is 32.3 Å². The number of hydrogen-bond donors (Lipinski definition) is 0. The van der Waals surface area contributed by atoms with E-state index in [0.29, 0.717) is 18.1 Å². The zero-order valence-electron chi connectivity index (χ0n) is 8.13. The Hall–Kier alpha value is -0.370. The summed E-state index contributed by atoms with van der Waals surface area (Å²) in [6.45, 7) is 0.864. The van der Waals surface area contributed by atoms with Crippen LogP contribution in [0, 0.1) is 5.92 Å². The molecule has 0 aromatic carbocycles. The van der Waals surface area contributed by atoms with Gasteiger partial charge in [-0.25, -0.2) is 0 Å². The summed E-state index contributed by atoms with van der Waals surface area (Å²) in [5.41, 5.74) is 0. The highest BCUT2D eigenvalue weighted by Gasteiger charge is 2.26. The highest BCUT2D eigenvalue weighted by molar-refractivity contribution is 5.81. The second kappa shape index (κ2) is 4.23. The number of ketones is 1. The summed E-state index contributed by atoms with van der Waals surface area (Å²) < 4.78 is 5.46. The molecule has 0 amide bonds. The summed E-state index contributed by atoms with van der Waals surface area (Å²) in [7, 11) is 0. The van der Waals surface area contributed by atoms with Crippen LogP contribution in [0.4, 0.5) is 0 Å². The molecule has 0 N–H and O–H groups in total. The van der Waals surface area contributed by atoms with E-state index in [9.17, 15) is 4.79 Å². The Morgan fingerprint density at radius 1 is 1.15 bits per heavy atom. The van der Waals surface area contributed by atoms with Crippen LogP contribution in [0.25, 0.3) is 0 Å². The molecule has 0 spiro atoms. The largest absolute Gasteiger partial charge is 0.378 e. The lowest BCUT2D eigenvalue weighted by atomic mass is 9.97. The molecule has 1 aliphatic carbocycles. The summed E-state index contributed by atoms with van der Waals surface area (Å²) in [5.74, 6) is 0.841. The van der Waals surface area contributed by atoms with Crippen LogP contribution in [0.1, 0.15) is 44.9 Å². The third-order valence-electron chi connectivity index (χ3n) is 3.26. The molecule has 2 fully saturated rings. The molecule has 2 heteroatoms. The molecule has 1 atom stereocenters. The highest BCUT2D eigenvalue weighted by atomic mass is 16.5. The van der Waals surface area contributed by atoms with Crippen LogP contribution < -0.4 is 0 Å². The van der Waals surface area contributed by atoms with Crippen molar-refractivity contribution in [3.8, 4) is 0 Å². The van der Waals surface area contributed by atoms with E-state index in [-0.39, 0.29) is 6.10 Å². The molecule has 1 saturated carbocycles. The topological polar surface area (TPSA) is 26.3 Å². The third-order valence-corrected chi connectivity index (χ3v) is 3.26. The lowest BCUT2D eigenvalue weighted by Gasteiger charge is -2.11. The zero-order chi connectivity index (χ0) is 9.10. The summed E-state index contributed by atoms with van der Waals surface area (Å²) in [5, 5.41) is 0. The van der Waals surface area contributed by atoms with Crippen molar-refractivity contribution in [2.45, 2.75) is 51.0 Å². The van der Waals surface area contributed by atoms with Crippen LogP contribution in [0.2, 0.25) is 0 Å². The first-order valence-electron chi connectivity index (χ1n) is 5.50. The summed E-state index contributed by atoms with van der Waals surface area (Å²) in [6, 6.07) is 0. The van der Waals surface area contributed by atoms with Gasteiger partial charge in [0.15, 0.2) is 0 Å². The van der Waals surface area contributed by atoms with Gasteiger partial charge in [0.2, 0.25) is 0 Å². The Morgan fingerprint density at radius 3 is 2.54 bits per heavy atom. The normalized spacial score (nSPS) is 29.7. The third kappa shape index (κ3) is 2.31. The maximum Gasteiger partial charge on any atom is 0.138 e. The Balaban J connectivity index is 1.76. The minimum Gasteiger partial charge on any atom is -0.378 e. The summed E-state index contributed by atoms with van der Waals surface area (Å²) >= 11 is 0. The average Bonchev–Trinajstić information content (AvgIpc) is 2.74. The van der Waals surface area contributed by atoms with Crippen molar-refractivity contribution in [3.63, 3.8) is 0 Å². The molecular formula is C11H18O2. The first-order chi connectivity index (χ1) is 6.36. The van der Waals surface area contributed by atoms with Gasteiger partial charge in [-0.2, -0.15) is 0 Å². The number of carbonyl (C=O) groups is 1. The fourth-order valence-electron chi connectivity index (χ4n) is 2.44. The van der Waals surface area contributed by atoms with Gasteiger partial charge in [-0.3, -0.25) is 4.79 Å². The van der Waals surface area contributed by atoms with Gasteiger partial charge in [-0.1, -0.05) is 12.8 Å². The highest BCUT2D eigenvalue weighted by Crippen LogP contribution is 2.28. The van der Waals surface area contributed by atoms with E-state index in [1.54, 1.807) is 0 Å². The molecule has 1 unspecified atom stereocenters. The molecule has 1 aliphatic heterocycles. The van der Waals surface area contributed by atoms with Crippen molar-refractivity contribution >= 4 is 5.78 Å². The maximum absolute atomic E-state index is 11.7. The number of ether oxygens (including phenoxy) is 1. The fraction of sp³-hybridized carbons (Fsp3) is 0.909. The standard InChI is InChI=1S/C11H18O2/c12-11(9-4-1-2-5-9)8-10-6-3-7-13-10/h9-10H,1-8H2. The molecule has 0 bridgehead atoms. The summed E-state index contributed by atoms with van der Waals surface area (Å²) in [4.78, 5) is 11.7. The smallest absolute Gasteiger partial charge is 0.138 e. The van der Waals surface area contributed by atoms with Gasteiger partial charge in [0.1, 0.15) is 5.78 Å². The van der Waals surface area contributed by atoms with E-state index in [4.69, 9.17) is 4.74 Å². The second-order valence-electron chi connectivity index (χ2n) is 4.29. The van der Waals surface area contributed by atoms with Crippen LogP contribution in [0.5, 0.6) is 0 Å². The van der Waals surface area contributed by atoms with Gasteiger partial charge >= 0.3 is 0 Å². The second-order valence-corrected chi connectivity index (χ2v) is 4.29. The molecule has 1 saturated heterocycles. The zero-order valence-corrected chi connectivity index (χ0v) is 8.13. The molecule has 13 heavy (non-hydrogen) atoms. The van der Waals surface area contributed by atoms with E-state index < -0.39 is 0 Å². The molecule has 1 heterocycles. The van der Waals surface area contributed by atoms with Crippen LogP contribution in [0.15, 0.2) is 0 Å². The number of rotatable bonds is 3. The van der Waals surface area contributed by atoms with Gasteiger partial charge in [0.25, 0.3) is 0 Å². The minimum absolute atomic E-state index is 0.258. The Labute approximate surface area is 79.7 Å². The van der Waals surface area contributed by atoms with Crippen molar-refractivity contribution in [3.05, 3.63) is 0 Å². The predicted octanol–water partition coefficient (Wildman–Crippen LogP) is 2.31. The quantitative estimate of drug-likeness (QED) is 0.669. The molecular weight excluding hydrogens is 164 g/mol. The van der Waals surface area contributed by atoms with E-state index in [1.807, 2.05) is 0 Å². The lowest BCUT2D eigenvalue weighted by molar-refractivity contribution is -0.124. The van der Waals surface area contributed by atoms with Gasteiger partial charge in [0, 0.05) is 18.9 Å².